The van der Waals surface area contributed by atoms with Gasteiger partial charge in [-0.2, -0.15) is 0 Å². The molecule has 0 bridgehead atoms. The lowest BCUT2D eigenvalue weighted by molar-refractivity contribution is 0.0401. The van der Waals surface area contributed by atoms with Crippen LogP contribution >= 0.6 is 12.4 Å². The number of aromatic nitrogens is 1. The van der Waals surface area contributed by atoms with Crippen LogP contribution in [0, 0.1) is 5.41 Å². The van der Waals surface area contributed by atoms with Crippen LogP contribution in [0.4, 0.5) is 0 Å². The molecule has 0 fully saturated rings. The number of aliphatic hydroxyl groups excluding tert-OH is 1. The molecule has 0 aliphatic heterocycles. The monoisotopic (exact) mass is 346 g/mol. The third-order valence-electron chi connectivity index (χ3n) is 4.73. The van der Waals surface area contributed by atoms with Gasteiger partial charge in [0.1, 0.15) is 0 Å². The molecule has 1 heterocycles. The van der Waals surface area contributed by atoms with Gasteiger partial charge < -0.3 is 15.4 Å². The van der Waals surface area contributed by atoms with Crippen LogP contribution in [0.2, 0.25) is 0 Å². The second kappa shape index (κ2) is 6.75. The van der Waals surface area contributed by atoms with Gasteiger partial charge in [0.25, 0.3) is 0 Å². The maximum absolute atomic E-state index is 10.5. The molecule has 0 radical (unpaired) electrons. The van der Waals surface area contributed by atoms with Crippen molar-refractivity contribution >= 4 is 34.2 Å². The summed E-state index contributed by atoms with van der Waals surface area (Å²) in [7, 11) is 0. The molecule has 2 aromatic carbocycles. The maximum Gasteiger partial charge on any atom is 0.0780 e. The standard InChI is InChI=1S/C20H26N2O.ClH/c1-5-22-16-9-7-6-8-14(16)15-12-13(10-11-17(15)22)18(21)19(23)20(2,3)4;/h6-12,18-19,23H,5,21H2,1-4H3;1H/t18-,19-;/m0./s1. The van der Waals surface area contributed by atoms with Gasteiger partial charge in [-0.3, -0.25) is 0 Å². The number of benzene rings is 2. The van der Waals surface area contributed by atoms with Gasteiger partial charge >= 0.3 is 0 Å². The van der Waals surface area contributed by atoms with Crippen molar-refractivity contribution in [3.8, 4) is 0 Å². The minimum Gasteiger partial charge on any atom is -0.391 e. The van der Waals surface area contributed by atoms with Crippen molar-refractivity contribution in [2.75, 3.05) is 0 Å². The Morgan fingerprint density at radius 1 is 1.04 bits per heavy atom. The topological polar surface area (TPSA) is 51.2 Å². The van der Waals surface area contributed by atoms with Gasteiger partial charge in [0.05, 0.1) is 12.1 Å². The van der Waals surface area contributed by atoms with E-state index in [0.29, 0.717) is 0 Å². The van der Waals surface area contributed by atoms with E-state index < -0.39 is 6.10 Å². The number of aliphatic hydroxyl groups is 1. The molecule has 3 N–H and O–H groups in total. The maximum atomic E-state index is 10.5. The second-order valence-electron chi connectivity index (χ2n) is 7.37. The summed E-state index contributed by atoms with van der Waals surface area (Å²) >= 11 is 0. The van der Waals surface area contributed by atoms with Crippen LogP contribution < -0.4 is 5.73 Å². The van der Waals surface area contributed by atoms with Crippen molar-refractivity contribution in [3.05, 3.63) is 48.0 Å². The van der Waals surface area contributed by atoms with Crippen molar-refractivity contribution in [1.29, 1.82) is 0 Å². The molecular formula is C20H27ClN2O. The number of fused-ring (bicyclic) bond motifs is 3. The average molecular weight is 347 g/mol. The summed E-state index contributed by atoms with van der Waals surface area (Å²) in [5.74, 6) is 0. The predicted molar refractivity (Wildman–Crippen MR) is 105 cm³/mol. The first-order valence-electron chi connectivity index (χ1n) is 8.29. The Bertz CT molecular complexity index is 848. The zero-order valence-corrected chi connectivity index (χ0v) is 15.6. The van der Waals surface area contributed by atoms with Gasteiger partial charge in [-0.1, -0.05) is 45.0 Å². The predicted octanol–water partition coefficient (Wildman–Crippen LogP) is 4.64. The van der Waals surface area contributed by atoms with Crippen LogP contribution in [0.25, 0.3) is 21.8 Å². The molecule has 130 valence electrons. The summed E-state index contributed by atoms with van der Waals surface area (Å²) in [6.45, 7) is 9.13. The summed E-state index contributed by atoms with van der Waals surface area (Å²) in [6, 6.07) is 14.4. The van der Waals surface area contributed by atoms with Crippen molar-refractivity contribution in [3.63, 3.8) is 0 Å². The van der Waals surface area contributed by atoms with Gasteiger partial charge in [-0.05, 0) is 36.1 Å². The summed E-state index contributed by atoms with van der Waals surface area (Å²) in [5, 5.41) is 13.0. The third-order valence-corrected chi connectivity index (χ3v) is 4.73. The Morgan fingerprint density at radius 2 is 1.67 bits per heavy atom. The molecule has 3 nitrogen and oxygen atoms in total. The molecule has 0 amide bonds. The van der Waals surface area contributed by atoms with Crippen LogP contribution in [0.15, 0.2) is 42.5 Å². The van der Waals surface area contributed by atoms with Crippen molar-refractivity contribution in [2.24, 2.45) is 11.1 Å². The fourth-order valence-electron chi connectivity index (χ4n) is 3.34. The minimum atomic E-state index is -0.584. The highest BCUT2D eigenvalue weighted by atomic mass is 35.5. The lowest BCUT2D eigenvalue weighted by Gasteiger charge is -2.31. The van der Waals surface area contributed by atoms with Crippen LogP contribution in [0.3, 0.4) is 0 Å². The quantitative estimate of drug-likeness (QED) is 0.725. The summed E-state index contributed by atoms with van der Waals surface area (Å²) in [4.78, 5) is 0. The average Bonchev–Trinajstić information content (AvgIpc) is 2.85. The van der Waals surface area contributed by atoms with E-state index in [1.54, 1.807) is 0 Å². The molecule has 24 heavy (non-hydrogen) atoms. The molecular weight excluding hydrogens is 320 g/mol. The number of para-hydroxylation sites is 1. The zero-order chi connectivity index (χ0) is 16.8. The number of nitrogens with two attached hydrogens (primary N) is 1. The lowest BCUT2D eigenvalue weighted by Crippen LogP contribution is -2.36. The number of halogens is 1. The first-order valence-corrected chi connectivity index (χ1v) is 8.29. The lowest BCUT2D eigenvalue weighted by atomic mass is 9.82. The highest BCUT2D eigenvalue weighted by Crippen LogP contribution is 2.33. The van der Waals surface area contributed by atoms with Crippen molar-refractivity contribution in [1.82, 2.24) is 4.57 Å². The van der Waals surface area contributed by atoms with E-state index in [1.807, 2.05) is 26.8 Å². The van der Waals surface area contributed by atoms with Crippen molar-refractivity contribution < 1.29 is 5.11 Å². The Morgan fingerprint density at radius 3 is 2.29 bits per heavy atom. The Labute approximate surface area is 149 Å². The largest absolute Gasteiger partial charge is 0.391 e. The van der Waals surface area contributed by atoms with E-state index in [0.717, 1.165) is 12.1 Å². The first-order chi connectivity index (χ1) is 10.8. The van der Waals surface area contributed by atoms with Gasteiger partial charge in [0, 0.05) is 28.4 Å². The fourth-order valence-corrected chi connectivity index (χ4v) is 3.34. The van der Waals surface area contributed by atoms with Crippen molar-refractivity contribution in [2.45, 2.75) is 46.4 Å². The highest BCUT2D eigenvalue weighted by molar-refractivity contribution is 6.08. The summed E-state index contributed by atoms with van der Waals surface area (Å²) in [5.41, 5.74) is 9.54. The second-order valence-corrected chi connectivity index (χ2v) is 7.37. The van der Waals surface area contributed by atoms with Crippen LogP contribution in [-0.2, 0) is 6.54 Å². The molecule has 3 rings (SSSR count). The Balaban J connectivity index is 0.00000208. The molecule has 0 aliphatic rings. The number of rotatable bonds is 3. The molecule has 0 saturated heterocycles. The van der Waals surface area contributed by atoms with Crippen LogP contribution in [0.1, 0.15) is 39.3 Å². The zero-order valence-electron chi connectivity index (χ0n) is 14.8. The molecule has 3 aromatic rings. The number of hydrogen-bond donors (Lipinski definition) is 2. The molecule has 0 unspecified atom stereocenters. The molecule has 4 heteroatoms. The summed E-state index contributed by atoms with van der Waals surface area (Å²) in [6.07, 6.45) is -0.584. The van der Waals surface area contributed by atoms with Crippen LogP contribution in [-0.4, -0.2) is 15.8 Å². The van der Waals surface area contributed by atoms with Crippen LogP contribution in [0.5, 0.6) is 0 Å². The molecule has 1 aromatic heterocycles. The molecule has 0 spiro atoms. The smallest absolute Gasteiger partial charge is 0.0780 e. The van der Waals surface area contributed by atoms with E-state index in [4.69, 9.17) is 5.73 Å². The van der Waals surface area contributed by atoms with E-state index in [2.05, 4.69) is 47.9 Å². The number of nitrogens with zero attached hydrogens (tertiary/aromatic N) is 1. The van der Waals surface area contributed by atoms with Gasteiger partial charge in [0.15, 0.2) is 0 Å². The summed E-state index contributed by atoms with van der Waals surface area (Å²) < 4.78 is 2.32. The molecule has 0 saturated carbocycles. The van der Waals surface area contributed by atoms with Gasteiger partial charge in [-0.15, -0.1) is 12.4 Å². The van der Waals surface area contributed by atoms with E-state index in [1.165, 1.54) is 21.8 Å². The third kappa shape index (κ3) is 3.04. The van der Waals surface area contributed by atoms with E-state index in [9.17, 15) is 5.11 Å². The van der Waals surface area contributed by atoms with Gasteiger partial charge in [0.2, 0.25) is 0 Å². The first kappa shape index (κ1) is 18.8. The minimum absolute atomic E-state index is 0. The Kier molecular flexibility index (Phi) is 5.28. The fraction of sp³-hybridized carbons (Fsp3) is 0.400. The molecule has 2 atom stereocenters. The van der Waals surface area contributed by atoms with E-state index >= 15 is 0 Å². The highest BCUT2D eigenvalue weighted by Gasteiger charge is 2.29. The Hall–Kier alpha value is -1.55. The number of aryl methyl sites for hydroxylation is 1. The molecule has 0 aliphatic carbocycles. The number of hydrogen-bond acceptors (Lipinski definition) is 2. The van der Waals surface area contributed by atoms with E-state index in [-0.39, 0.29) is 23.9 Å². The normalized spacial score (nSPS) is 14.6. The van der Waals surface area contributed by atoms with Gasteiger partial charge in [-0.25, -0.2) is 0 Å². The SMILES string of the molecule is CCn1c2ccccc2c2cc([C@H](N)[C@H](O)C(C)(C)C)ccc21.Cl.